The van der Waals surface area contributed by atoms with Crippen LogP contribution in [0.25, 0.3) is 11.1 Å². The van der Waals surface area contributed by atoms with Crippen LogP contribution in [0.1, 0.15) is 0 Å². The lowest BCUT2D eigenvalue weighted by Gasteiger charge is -1.98. The molecule has 2 rings (SSSR count). The van der Waals surface area contributed by atoms with Gasteiger partial charge >= 0.3 is 0 Å². The van der Waals surface area contributed by atoms with E-state index >= 15 is 0 Å². The van der Waals surface area contributed by atoms with Crippen LogP contribution in [0.3, 0.4) is 0 Å². The van der Waals surface area contributed by atoms with Gasteiger partial charge in [-0.15, -0.1) is 0 Å². The molecule has 1 heterocycles. The number of rotatable bonds is 2. The SMILES string of the molecule is Cn1cc(-c2ccccc2[N+](=O)[O-])cn1. The molecule has 0 aliphatic rings. The van der Waals surface area contributed by atoms with Crippen LogP contribution in [0.2, 0.25) is 0 Å². The molecule has 0 unspecified atom stereocenters. The van der Waals surface area contributed by atoms with Crippen molar-refractivity contribution in [1.29, 1.82) is 0 Å². The van der Waals surface area contributed by atoms with Crippen LogP contribution in [0.5, 0.6) is 0 Å². The number of para-hydroxylation sites is 1. The van der Waals surface area contributed by atoms with Crippen molar-refractivity contribution in [3.05, 3.63) is 46.8 Å². The molecular weight excluding hydrogens is 194 g/mol. The minimum absolute atomic E-state index is 0.102. The Kier molecular flexibility index (Phi) is 2.21. The fourth-order valence-corrected chi connectivity index (χ4v) is 1.44. The zero-order valence-electron chi connectivity index (χ0n) is 8.12. The summed E-state index contributed by atoms with van der Waals surface area (Å²) < 4.78 is 1.62. The van der Waals surface area contributed by atoms with E-state index in [0.29, 0.717) is 5.56 Å². The summed E-state index contributed by atoms with van der Waals surface area (Å²) in [6.07, 6.45) is 3.37. The maximum Gasteiger partial charge on any atom is 0.277 e. The summed E-state index contributed by atoms with van der Waals surface area (Å²) >= 11 is 0. The molecule has 15 heavy (non-hydrogen) atoms. The largest absolute Gasteiger partial charge is 0.277 e. The monoisotopic (exact) mass is 203 g/mol. The molecule has 2 aromatic rings. The first-order valence-electron chi connectivity index (χ1n) is 4.41. The van der Waals surface area contributed by atoms with Crippen LogP contribution < -0.4 is 0 Å². The van der Waals surface area contributed by atoms with Crippen molar-refractivity contribution in [2.75, 3.05) is 0 Å². The number of aromatic nitrogens is 2. The van der Waals surface area contributed by atoms with Gasteiger partial charge in [-0.05, 0) is 6.07 Å². The Hall–Kier alpha value is -2.17. The number of aryl methyl sites for hydroxylation is 1. The third-order valence-electron chi connectivity index (χ3n) is 2.12. The molecule has 0 amide bonds. The predicted molar refractivity (Wildman–Crippen MR) is 55.3 cm³/mol. The van der Waals surface area contributed by atoms with E-state index in [1.54, 1.807) is 42.3 Å². The molecule has 0 saturated heterocycles. The van der Waals surface area contributed by atoms with Crippen LogP contribution in [-0.2, 0) is 7.05 Å². The van der Waals surface area contributed by atoms with Crippen molar-refractivity contribution < 1.29 is 4.92 Å². The van der Waals surface area contributed by atoms with Crippen molar-refractivity contribution in [2.45, 2.75) is 0 Å². The van der Waals surface area contributed by atoms with Gasteiger partial charge in [-0.3, -0.25) is 14.8 Å². The summed E-state index contributed by atoms with van der Waals surface area (Å²) in [4.78, 5) is 10.4. The molecule has 0 spiro atoms. The zero-order valence-corrected chi connectivity index (χ0v) is 8.12. The zero-order chi connectivity index (χ0) is 10.8. The average Bonchev–Trinajstić information content (AvgIpc) is 2.65. The van der Waals surface area contributed by atoms with E-state index in [9.17, 15) is 10.1 Å². The van der Waals surface area contributed by atoms with Crippen molar-refractivity contribution in [1.82, 2.24) is 9.78 Å². The third-order valence-corrected chi connectivity index (χ3v) is 2.12. The Balaban J connectivity index is 2.57. The van der Waals surface area contributed by atoms with E-state index in [2.05, 4.69) is 5.10 Å². The van der Waals surface area contributed by atoms with Gasteiger partial charge in [0.2, 0.25) is 0 Å². The third kappa shape index (κ3) is 1.71. The second kappa shape index (κ2) is 3.53. The second-order valence-corrected chi connectivity index (χ2v) is 3.18. The number of hydrogen-bond acceptors (Lipinski definition) is 3. The van der Waals surface area contributed by atoms with E-state index in [1.165, 1.54) is 6.07 Å². The maximum atomic E-state index is 10.8. The van der Waals surface area contributed by atoms with E-state index < -0.39 is 0 Å². The summed E-state index contributed by atoms with van der Waals surface area (Å²) in [5, 5.41) is 14.8. The van der Waals surface area contributed by atoms with Crippen molar-refractivity contribution in [2.24, 2.45) is 7.05 Å². The van der Waals surface area contributed by atoms with Crippen LogP contribution in [-0.4, -0.2) is 14.7 Å². The van der Waals surface area contributed by atoms with Crippen molar-refractivity contribution in [3.63, 3.8) is 0 Å². The molecule has 0 radical (unpaired) electrons. The molecule has 0 N–H and O–H groups in total. The van der Waals surface area contributed by atoms with Gasteiger partial charge < -0.3 is 0 Å². The predicted octanol–water partition coefficient (Wildman–Crippen LogP) is 2.00. The number of nitrogens with zero attached hydrogens (tertiary/aromatic N) is 3. The van der Waals surface area contributed by atoms with Gasteiger partial charge in [0, 0.05) is 24.9 Å². The summed E-state index contributed by atoms with van der Waals surface area (Å²) in [5.74, 6) is 0. The highest BCUT2D eigenvalue weighted by Gasteiger charge is 2.14. The highest BCUT2D eigenvalue weighted by Crippen LogP contribution is 2.28. The molecule has 0 fully saturated rings. The van der Waals surface area contributed by atoms with E-state index in [1.807, 2.05) is 0 Å². The molecule has 5 heteroatoms. The Bertz CT molecular complexity index is 505. The van der Waals surface area contributed by atoms with Crippen LogP contribution in [0.15, 0.2) is 36.7 Å². The number of nitro benzene ring substituents is 1. The minimum Gasteiger partial charge on any atom is -0.275 e. The van der Waals surface area contributed by atoms with Gasteiger partial charge in [-0.25, -0.2) is 0 Å². The fourth-order valence-electron chi connectivity index (χ4n) is 1.44. The lowest BCUT2D eigenvalue weighted by molar-refractivity contribution is -0.384. The van der Waals surface area contributed by atoms with Crippen molar-refractivity contribution >= 4 is 5.69 Å². The number of hydrogen-bond donors (Lipinski definition) is 0. The molecule has 76 valence electrons. The molecule has 0 bridgehead atoms. The highest BCUT2D eigenvalue weighted by atomic mass is 16.6. The lowest BCUT2D eigenvalue weighted by atomic mass is 10.1. The number of benzene rings is 1. The minimum atomic E-state index is -0.387. The fraction of sp³-hybridized carbons (Fsp3) is 0.100. The van der Waals surface area contributed by atoms with Crippen LogP contribution >= 0.6 is 0 Å². The van der Waals surface area contributed by atoms with Gasteiger partial charge in [-0.1, -0.05) is 12.1 Å². The first-order chi connectivity index (χ1) is 7.18. The molecule has 0 aliphatic carbocycles. The first-order valence-corrected chi connectivity index (χ1v) is 4.41. The van der Waals surface area contributed by atoms with Gasteiger partial charge in [0.05, 0.1) is 16.7 Å². The molecule has 0 saturated carbocycles. The van der Waals surface area contributed by atoms with Crippen LogP contribution in [0, 0.1) is 10.1 Å². The standard InChI is InChI=1S/C10H9N3O2/c1-12-7-8(6-11-12)9-4-2-3-5-10(9)13(14)15/h2-7H,1H3. The van der Waals surface area contributed by atoms with E-state index in [-0.39, 0.29) is 10.6 Å². The highest BCUT2D eigenvalue weighted by molar-refractivity contribution is 5.72. The molecule has 1 aromatic carbocycles. The molecular formula is C10H9N3O2. The number of nitro groups is 1. The first kappa shape index (κ1) is 9.39. The quantitative estimate of drug-likeness (QED) is 0.554. The Morgan fingerprint density at radius 3 is 2.73 bits per heavy atom. The summed E-state index contributed by atoms with van der Waals surface area (Å²) in [6, 6.07) is 6.63. The molecule has 0 atom stereocenters. The normalized spacial score (nSPS) is 10.2. The Morgan fingerprint density at radius 2 is 2.13 bits per heavy atom. The Morgan fingerprint density at radius 1 is 1.40 bits per heavy atom. The molecule has 5 nitrogen and oxygen atoms in total. The smallest absolute Gasteiger partial charge is 0.275 e. The van der Waals surface area contributed by atoms with Gasteiger partial charge in [-0.2, -0.15) is 5.10 Å². The molecule has 1 aromatic heterocycles. The maximum absolute atomic E-state index is 10.8. The second-order valence-electron chi connectivity index (χ2n) is 3.18. The Labute approximate surface area is 86.1 Å². The van der Waals surface area contributed by atoms with Gasteiger partial charge in [0.1, 0.15) is 0 Å². The van der Waals surface area contributed by atoms with Gasteiger partial charge in [0.25, 0.3) is 5.69 Å². The molecule has 0 aliphatic heterocycles. The van der Waals surface area contributed by atoms with E-state index in [4.69, 9.17) is 0 Å². The lowest BCUT2D eigenvalue weighted by Crippen LogP contribution is -1.90. The van der Waals surface area contributed by atoms with Crippen molar-refractivity contribution in [3.8, 4) is 11.1 Å². The average molecular weight is 203 g/mol. The van der Waals surface area contributed by atoms with E-state index in [0.717, 1.165) is 5.56 Å². The van der Waals surface area contributed by atoms with Crippen LogP contribution in [0.4, 0.5) is 5.69 Å². The topological polar surface area (TPSA) is 61.0 Å². The van der Waals surface area contributed by atoms with Gasteiger partial charge in [0.15, 0.2) is 0 Å². The summed E-state index contributed by atoms with van der Waals surface area (Å²) in [6.45, 7) is 0. The summed E-state index contributed by atoms with van der Waals surface area (Å²) in [7, 11) is 1.78. The summed E-state index contributed by atoms with van der Waals surface area (Å²) in [5.41, 5.74) is 1.45.